The monoisotopic (exact) mass is 1530 g/mol. The predicted octanol–water partition coefficient (Wildman–Crippen LogP) is 25.8. The Hall–Kier alpha value is -2.46. The summed E-state index contributed by atoms with van der Waals surface area (Å²) in [6.45, 7) is 9.66. The zero-order valence-electron chi connectivity index (χ0n) is 68.5. The fourth-order valence-electron chi connectivity index (χ4n) is 12.9. The third-order valence-electron chi connectivity index (χ3n) is 19.6. The maximum absolute atomic E-state index is 13.1. The SMILES string of the molecule is CCCCCC/C=C\C=C/CCCCCCCC(=O)O[C@H](COC(=O)CCCCCCCCCCCCC)COP(=O)(O)OC[C@H](O)COP(=O)(O)OC[C@@H](COC(=O)CCCCCCCCCCCCCCCCCC(C)C)OC(=O)CCCCCCCCCCCCCCCCCCCCC(C)C. The largest absolute Gasteiger partial charge is 0.472 e. The molecule has 0 spiro atoms. The number of phosphoric acid groups is 2. The van der Waals surface area contributed by atoms with Crippen LogP contribution in [0.3, 0.4) is 0 Å². The molecule has 0 amide bonds. The van der Waals surface area contributed by atoms with E-state index in [1.54, 1.807) is 0 Å². The number of carbonyl (C=O) groups excluding carboxylic acids is 4. The molecule has 0 aromatic carbocycles. The Morgan fingerprint density at radius 2 is 0.514 bits per heavy atom. The first-order chi connectivity index (χ1) is 50.9. The van der Waals surface area contributed by atoms with Crippen molar-refractivity contribution in [3.05, 3.63) is 24.3 Å². The lowest BCUT2D eigenvalue weighted by Crippen LogP contribution is -2.30. The van der Waals surface area contributed by atoms with Gasteiger partial charge in [-0.1, -0.05) is 380 Å². The van der Waals surface area contributed by atoms with Crippen LogP contribution in [-0.4, -0.2) is 96.7 Å². The first-order valence-electron chi connectivity index (χ1n) is 43.8. The second kappa shape index (κ2) is 76.9. The van der Waals surface area contributed by atoms with Crippen molar-refractivity contribution in [2.75, 3.05) is 39.6 Å². The molecule has 19 heteroatoms. The minimum Gasteiger partial charge on any atom is -0.462 e. The van der Waals surface area contributed by atoms with Gasteiger partial charge in [0.15, 0.2) is 12.2 Å². The van der Waals surface area contributed by atoms with Crippen LogP contribution in [0.4, 0.5) is 0 Å². The van der Waals surface area contributed by atoms with Crippen LogP contribution >= 0.6 is 15.6 Å². The van der Waals surface area contributed by atoms with Gasteiger partial charge in [0, 0.05) is 25.7 Å². The number of hydrogen-bond acceptors (Lipinski definition) is 15. The number of aliphatic hydroxyl groups is 1. The minimum atomic E-state index is -4.97. The molecule has 620 valence electrons. The van der Waals surface area contributed by atoms with Gasteiger partial charge >= 0.3 is 39.5 Å². The molecule has 17 nitrogen and oxygen atoms in total. The first-order valence-corrected chi connectivity index (χ1v) is 46.8. The number of phosphoric ester groups is 2. The Morgan fingerprint density at radius 1 is 0.295 bits per heavy atom. The molecule has 3 N–H and O–H groups in total. The van der Waals surface area contributed by atoms with Crippen LogP contribution in [0.25, 0.3) is 0 Å². The zero-order chi connectivity index (χ0) is 77.1. The third-order valence-corrected chi connectivity index (χ3v) is 21.5. The molecule has 0 aromatic rings. The van der Waals surface area contributed by atoms with Crippen molar-refractivity contribution in [3.63, 3.8) is 0 Å². The molecule has 0 rings (SSSR count). The third kappa shape index (κ3) is 79.4. The van der Waals surface area contributed by atoms with Crippen molar-refractivity contribution in [3.8, 4) is 0 Å². The Morgan fingerprint density at radius 3 is 0.781 bits per heavy atom. The predicted molar refractivity (Wildman–Crippen MR) is 432 cm³/mol. The van der Waals surface area contributed by atoms with E-state index in [0.717, 1.165) is 115 Å². The highest BCUT2D eigenvalue weighted by Crippen LogP contribution is 2.45. The standard InChI is InChI=1S/C86H164O17P2/c1-7-9-11-13-15-17-19-20-26-34-40-46-52-58-64-70-85(90)102-81(74-96-83(88)68-62-56-50-44-36-18-16-14-12-10-8-2)76-100-104(92,93)98-72-80(87)73-99-105(94,95)101-77-82(75-97-84(89)69-63-57-51-45-39-33-30-25-28-32-38-43-49-55-61-67-79(5)6)103-86(91)71-65-59-53-47-41-35-29-24-22-21-23-27-31-37-42-48-54-60-66-78(3)4/h17,19-20,26,78-82,87H,7-16,18,21-25,27-77H2,1-6H3,(H,92,93)(H,94,95)/b19-17-,26-20-/t80-,81+,82+/m0/s1. The number of ether oxygens (including phenoxy) is 4. The van der Waals surface area contributed by atoms with E-state index in [0.29, 0.717) is 25.7 Å². The van der Waals surface area contributed by atoms with Crippen LogP contribution in [-0.2, 0) is 65.4 Å². The molecule has 0 radical (unpaired) electrons. The molecular weight excluding hydrogens is 1370 g/mol. The summed E-state index contributed by atoms with van der Waals surface area (Å²) in [4.78, 5) is 73.2. The summed E-state index contributed by atoms with van der Waals surface area (Å²) in [5, 5.41) is 10.7. The second-order valence-corrected chi connectivity index (χ2v) is 34.1. The molecule has 0 aliphatic heterocycles. The molecule has 5 atom stereocenters. The fourth-order valence-corrected chi connectivity index (χ4v) is 14.5. The molecule has 0 saturated heterocycles. The fraction of sp³-hybridized carbons (Fsp3) is 0.907. The lowest BCUT2D eigenvalue weighted by Gasteiger charge is -2.21. The number of unbranched alkanes of at least 4 members (excludes halogenated alkanes) is 50. The molecule has 0 aromatic heterocycles. The van der Waals surface area contributed by atoms with Crippen molar-refractivity contribution in [1.82, 2.24) is 0 Å². The summed E-state index contributed by atoms with van der Waals surface area (Å²) in [5.41, 5.74) is 0. The number of carbonyl (C=O) groups is 4. The van der Waals surface area contributed by atoms with Gasteiger partial charge in [0.25, 0.3) is 0 Å². The van der Waals surface area contributed by atoms with Gasteiger partial charge in [-0.05, 0) is 63.2 Å². The highest BCUT2D eigenvalue weighted by molar-refractivity contribution is 7.47. The Kier molecular flexibility index (Phi) is 75.1. The maximum atomic E-state index is 13.1. The van der Waals surface area contributed by atoms with Gasteiger partial charge in [-0.2, -0.15) is 0 Å². The average Bonchev–Trinajstić information content (AvgIpc) is 0.909. The summed E-state index contributed by atoms with van der Waals surface area (Å²) in [6.07, 6.45) is 71.6. The van der Waals surface area contributed by atoms with Crippen molar-refractivity contribution in [2.45, 2.75) is 452 Å². The van der Waals surface area contributed by atoms with Crippen LogP contribution in [0.2, 0.25) is 0 Å². The van der Waals surface area contributed by atoms with E-state index in [9.17, 15) is 43.2 Å². The summed E-state index contributed by atoms with van der Waals surface area (Å²) >= 11 is 0. The van der Waals surface area contributed by atoms with Gasteiger partial charge in [0.1, 0.15) is 19.3 Å². The Labute approximate surface area is 643 Å². The van der Waals surface area contributed by atoms with Gasteiger partial charge in [0.2, 0.25) is 0 Å². The Bertz CT molecular complexity index is 2110. The molecule has 2 unspecified atom stereocenters. The highest BCUT2D eigenvalue weighted by atomic mass is 31.2. The van der Waals surface area contributed by atoms with Crippen molar-refractivity contribution in [1.29, 1.82) is 0 Å². The topological polar surface area (TPSA) is 237 Å². The lowest BCUT2D eigenvalue weighted by molar-refractivity contribution is -0.161. The lowest BCUT2D eigenvalue weighted by atomic mass is 10.0. The molecule has 0 aliphatic rings. The van der Waals surface area contributed by atoms with E-state index in [1.165, 1.54) is 238 Å². The van der Waals surface area contributed by atoms with Gasteiger partial charge in [-0.25, -0.2) is 9.13 Å². The zero-order valence-corrected chi connectivity index (χ0v) is 70.3. The molecule has 0 bridgehead atoms. The van der Waals surface area contributed by atoms with Gasteiger partial charge in [0.05, 0.1) is 26.4 Å². The Balaban J connectivity index is 5.27. The molecule has 105 heavy (non-hydrogen) atoms. The van der Waals surface area contributed by atoms with Crippen LogP contribution in [0, 0.1) is 11.8 Å². The van der Waals surface area contributed by atoms with E-state index >= 15 is 0 Å². The molecular formula is C86H164O17P2. The minimum absolute atomic E-state index is 0.0855. The van der Waals surface area contributed by atoms with Crippen molar-refractivity contribution in [2.24, 2.45) is 11.8 Å². The number of hydrogen-bond donors (Lipinski definition) is 3. The second-order valence-electron chi connectivity index (χ2n) is 31.2. The first kappa shape index (κ1) is 103. The van der Waals surface area contributed by atoms with Crippen LogP contribution in [0.5, 0.6) is 0 Å². The average molecular weight is 1530 g/mol. The van der Waals surface area contributed by atoms with E-state index in [1.807, 2.05) is 0 Å². The number of aliphatic hydroxyl groups excluding tert-OH is 1. The van der Waals surface area contributed by atoms with E-state index in [4.69, 9.17) is 37.0 Å². The molecule has 0 aliphatic carbocycles. The van der Waals surface area contributed by atoms with Crippen molar-refractivity contribution < 1.29 is 80.2 Å². The summed E-state index contributed by atoms with van der Waals surface area (Å²) < 4.78 is 68.8. The summed E-state index contributed by atoms with van der Waals surface area (Å²) in [5.74, 6) is -0.508. The van der Waals surface area contributed by atoms with Crippen LogP contribution < -0.4 is 0 Å². The quantitative estimate of drug-likeness (QED) is 0.0169. The number of esters is 4. The molecule has 0 fully saturated rings. The maximum Gasteiger partial charge on any atom is 0.472 e. The highest BCUT2D eigenvalue weighted by Gasteiger charge is 2.30. The normalized spacial score (nSPS) is 14.0. The number of allylic oxidation sites excluding steroid dienone is 4. The van der Waals surface area contributed by atoms with Crippen molar-refractivity contribution >= 4 is 39.5 Å². The smallest absolute Gasteiger partial charge is 0.462 e. The van der Waals surface area contributed by atoms with Gasteiger partial charge in [-0.15, -0.1) is 0 Å². The number of rotatable bonds is 83. The van der Waals surface area contributed by atoms with Crippen LogP contribution in [0.15, 0.2) is 24.3 Å². The van der Waals surface area contributed by atoms with E-state index in [-0.39, 0.29) is 25.7 Å². The molecule has 0 saturated carbocycles. The summed E-state index contributed by atoms with van der Waals surface area (Å²) in [6, 6.07) is 0. The van der Waals surface area contributed by atoms with E-state index < -0.39 is 97.5 Å². The summed E-state index contributed by atoms with van der Waals surface area (Å²) in [7, 11) is -9.94. The van der Waals surface area contributed by atoms with E-state index in [2.05, 4.69) is 65.8 Å². The van der Waals surface area contributed by atoms with Gasteiger partial charge in [-0.3, -0.25) is 37.3 Å². The van der Waals surface area contributed by atoms with Crippen LogP contribution in [0.1, 0.15) is 433 Å². The molecule has 0 heterocycles. The van der Waals surface area contributed by atoms with Gasteiger partial charge < -0.3 is 33.8 Å².